The van der Waals surface area contributed by atoms with Crippen LogP contribution in [0.2, 0.25) is 0 Å². The molecule has 0 bridgehead atoms. The number of aliphatic imine (C=N–C) groups is 1. The van der Waals surface area contributed by atoms with Crippen molar-refractivity contribution in [3.05, 3.63) is 0 Å². The molecule has 0 aliphatic rings. The van der Waals surface area contributed by atoms with E-state index in [1.807, 2.05) is 27.7 Å². The van der Waals surface area contributed by atoms with E-state index in [-0.39, 0.29) is 17.7 Å². The number of hydrogen-bond acceptors (Lipinski definition) is 4. The Labute approximate surface area is 116 Å². The Bertz CT molecular complexity index is 302. The molecule has 0 unspecified atom stereocenters. The van der Waals surface area contributed by atoms with Gasteiger partial charge < -0.3 is 20.1 Å². The van der Waals surface area contributed by atoms with Crippen LogP contribution in [-0.4, -0.2) is 50.9 Å². The van der Waals surface area contributed by atoms with Gasteiger partial charge in [-0.1, -0.05) is 0 Å². The van der Waals surface area contributed by atoms with Gasteiger partial charge in [0.25, 0.3) is 0 Å². The van der Waals surface area contributed by atoms with Gasteiger partial charge in [-0.25, -0.2) is 0 Å². The summed E-state index contributed by atoms with van der Waals surface area (Å²) in [5.74, 6) is 0.428. The number of rotatable bonds is 7. The smallest absolute Gasteiger partial charge is 0.307 e. The molecule has 0 amide bonds. The first kappa shape index (κ1) is 17.7. The molecular formula is C13H27N3O3. The Morgan fingerprint density at radius 2 is 1.95 bits per heavy atom. The van der Waals surface area contributed by atoms with Crippen LogP contribution < -0.4 is 10.6 Å². The maximum absolute atomic E-state index is 11.3. The van der Waals surface area contributed by atoms with Crippen LogP contribution in [0.25, 0.3) is 0 Å². The molecule has 0 aliphatic heterocycles. The molecule has 2 N–H and O–H groups in total. The van der Waals surface area contributed by atoms with Crippen LogP contribution in [-0.2, 0) is 14.3 Å². The molecule has 0 radical (unpaired) electrons. The van der Waals surface area contributed by atoms with Gasteiger partial charge in [-0.15, -0.1) is 0 Å². The molecule has 6 heteroatoms. The van der Waals surface area contributed by atoms with Crippen LogP contribution in [0.1, 0.15) is 34.1 Å². The Balaban J connectivity index is 3.93. The molecule has 0 aliphatic carbocycles. The third-order valence-electron chi connectivity index (χ3n) is 2.45. The molecular weight excluding hydrogens is 246 g/mol. The van der Waals surface area contributed by atoms with Crippen molar-refractivity contribution in [3.63, 3.8) is 0 Å². The number of nitrogens with one attached hydrogen (secondary N) is 2. The van der Waals surface area contributed by atoms with E-state index in [0.717, 1.165) is 0 Å². The minimum absolute atomic E-state index is 0.0764. The summed E-state index contributed by atoms with van der Waals surface area (Å²) < 4.78 is 10.3. The SMILES string of the molecule is CN=C(NCCC(=O)OC(C)C)NCC(C)(C)OC. The lowest BCUT2D eigenvalue weighted by Crippen LogP contribution is -2.45. The fraction of sp³-hybridized carbons (Fsp3) is 0.846. The molecule has 0 aromatic rings. The molecule has 0 aromatic carbocycles. The Kier molecular flexibility index (Phi) is 8.14. The van der Waals surface area contributed by atoms with Crippen molar-refractivity contribution in [1.82, 2.24) is 10.6 Å². The second kappa shape index (κ2) is 8.74. The second-order valence-corrected chi connectivity index (χ2v) is 5.10. The average Bonchev–Trinajstić information content (AvgIpc) is 2.32. The number of methoxy groups -OCH3 is 1. The van der Waals surface area contributed by atoms with Crippen LogP contribution in [0.3, 0.4) is 0 Å². The summed E-state index contributed by atoms with van der Waals surface area (Å²) >= 11 is 0. The van der Waals surface area contributed by atoms with Gasteiger partial charge in [0.15, 0.2) is 5.96 Å². The van der Waals surface area contributed by atoms with Gasteiger partial charge >= 0.3 is 5.97 Å². The van der Waals surface area contributed by atoms with E-state index in [1.165, 1.54) is 0 Å². The van der Waals surface area contributed by atoms with Gasteiger partial charge in [-0.3, -0.25) is 9.79 Å². The Morgan fingerprint density at radius 1 is 1.32 bits per heavy atom. The number of ether oxygens (including phenoxy) is 2. The molecule has 19 heavy (non-hydrogen) atoms. The van der Waals surface area contributed by atoms with E-state index in [2.05, 4.69) is 15.6 Å². The topological polar surface area (TPSA) is 72.0 Å². The minimum Gasteiger partial charge on any atom is -0.463 e. The maximum Gasteiger partial charge on any atom is 0.307 e. The third-order valence-corrected chi connectivity index (χ3v) is 2.45. The van der Waals surface area contributed by atoms with Gasteiger partial charge in [0.1, 0.15) is 0 Å². The maximum atomic E-state index is 11.3. The van der Waals surface area contributed by atoms with Crippen molar-refractivity contribution < 1.29 is 14.3 Å². The fourth-order valence-corrected chi connectivity index (χ4v) is 1.19. The second-order valence-electron chi connectivity index (χ2n) is 5.10. The molecule has 6 nitrogen and oxygen atoms in total. The number of hydrogen-bond donors (Lipinski definition) is 2. The first-order valence-corrected chi connectivity index (χ1v) is 6.50. The van der Waals surface area contributed by atoms with E-state index < -0.39 is 0 Å². The summed E-state index contributed by atoms with van der Waals surface area (Å²) in [6, 6.07) is 0. The van der Waals surface area contributed by atoms with Crippen LogP contribution in [0.4, 0.5) is 0 Å². The number of nitrogens with zero attached hydrogens (tertiary/aromatic N) is 1. The van der Waals surface area contributed by atoms with Gasteiger partial charge in [0.05, 0.1) is 18.1 Å². The van der Waals surface area contributed by atoms with Crippen molar-refractivity contribution >= 4 is 11.9 Å². The van der Waals surface area contributed by atoms with Crippen molar-refractivity contribution in [2.75, 3.05) is 27.2 Å². The van der Waals surface area contributed by atoms with E-state index in [1.54, 1.807) is 14.2 Å². The van der Waals surface area contributed by atoms with Gasteiger partial charge in [-0.2, -0.15) is 0 Å². The molecule has 0 atom stereocenters. The minimum atomic E-state index is -0.270. The highest BCUT2D eigenvalue weighted by molar-refractivity contribution is 5.80. The average molecular weight is 273 g/mol. The predicted octanol–water partition coefficient (Wildman–Crippen LogP) is 0.918. The lowest BCUT2D eigenvalue weighted by molar-refractivity contribution is -0.147. The van der Waals surface area contributed by atoms with Crippen LogP contribution in [0, 0.1) is 0 Å². The highest BCUT2D eigenvalue weighted by Gasteiger charge is 2.16. The summed E-state index contributed by atoms with van der Waals surface area (Å²) in [7, 11) is 3.35. The van der Waals surface area contributed by atoms with Gasteiger partial charge in [0, 0.05) is 27.2 Å². The highest BCUT2D eigenvalue weighted by Crippen LogP contribution is 2.04. The normalized spacial score (nSPS) is 12.5. The van der Waals surface area contributed by atoms with E-state index in [4.69, 9.17) is 9.47 Å². The first-order chi connectivity index (χ1) is 8.80. The van der Waals surface area contributed by atoms with Crippen molar-refractivity contribution in [1.29, 1.82) is 0 Å². The van der Waals surface area contributed by atoms with Crippen LogP contribution in [0.5, 0.6) is 0 Å². The van der Waals surface area contributed by atoms with Crippen LogP contribution in [0.15, 0.2) is 4.99 Å². The van der Waals surface area contributed by atoms with Gasteiger partial charge in [0.2, 0.25) is 0 Å². The lowest BCUT2D eigenvalue weighted by Gasteiger charge is -2.24. The first-order valence-electron chi connectivity index (χ1n) is 6.50. The van der Waals surface area contributed by atoms with Gasteiger partial charge in [-0.05, 0) is 27.7 Å². The quantitative estimate of drug-likeness (QED) is 0.410. The predicted molar refractivity (Wildman–Crippen MR) is 76.3 cm³/mol. The van der Waals surface area contributed by atoms with Crippen molar-refractivity contribution in [3.8, 4) is 0 Å². The molecule has 0 rings (SSSR count). The number of esters is 1. The number of carbonyl (C=O) groups is 1. The Morgan fingerprint density at radius 3 is 2.42 bits per heavy atom. The summed E-state index contributed by atoms with van der Waals surface area (Å²) in [5, 5.41) is 6.19. The highest BCUT2D eigenvalue weighted by atomic mass is 16.5. The molecule has 0 heterocycles. The summed E-state index contributed by atoms with van der Waals surface area (Å²) in [5.41, 5.74) is -0.270. The zero-order valence-electron chi connectivity index (χ0n) is 12.9. The summed E-state index contributed by atoms with van der Waals surface area (Å²) in [6.07, 6.45) is 0.236. The standard InChI is InChI=1S/C13H27N3O3/c1-10(2)19-11(17)7-8-15-12(14-5)16-9-13(3,4)18-6/h10H,7-9H2,1-6H3,(H2,14,15,16). The fourth-order valence-electron chi connectivity index (χ4n) is 1.19. The monoisotopic (exact) mass is 273 g/mol. The summed E-state index contributed by atoms with van der Waals surface area (Å²) in [6.45, 7) is 8.73. The molecule has 0 fully saturated rings. The van der Waals surface area contributed by atoms with Crippen LogP contribution >= 0.6 is 0 Å². The zero-order valence-corrected chi connectivity index (χ0v) is 12.9. The largest absolute Gasteiger partial charge is 0.463 e. The van der Waals surface area contributed by atoms with E-state index in [0.29, 0.717) is 25.5 Å². The lowest BCUT2D eigenvalue weighted by atomic mass is 10.1. The van der Waals surface area contributed by atoms with E-state index >= 15 is 0 Å². The number of guanidine groups is 1. The van der Waals surface area contributed by atoms with E-state index in [9.17, 15) is 4.79 Å². The molecule has 0 spiro atoms. The molecule has 0 saturated carbocycles. The Hall–Kier alpha value is -1.30. The molecule has 0 aromatic heterocycles. The third kappa shape index (κ3) is 9.30. The molecule has 112 valence electrons. The van der Waals surface area contributed by atoms with Crippen molar-refractivity contribution in [2.24, 2.45) is 4.99 Å². The zero-order chi connectivity index (χ0) is 14.9. The summed E-state index contributed by atoms with van der Waals surface area (Å²) in [4.78, 5) is 15.4. The van der Waals surface area contributed by atoms with Crippen molar-refractivity contribution in [2.45, 2.75) is 45.8 Å². The molecule has 0 saturated heterocycles. The number of carbonyl (C=O) groups excluding carboxylic acids is 1.